The number of ether oxygens (including phenoxy) is 1. The van der Waals surface area contributed by atoms with Crippen LogP contribution in [0.3, 0.4) is 0 Å². The Hall–Kier alpha value is -1.38. The Morgan fingerprint density at radius 3 is 2.48 bits per heavy atom. The molecule has 1 N–H and O–H groups in total. The Bertz CT molecular complexity index is 687. The highest BCUT2D eigenvalue weighted by Crippen LogP contribution is 2.23. The summed E-state index contributed by atoms with van der Waals surface area (Å²) in [6.45, 7) is 1.50. The third kappa shape index (κ3) is 4.07. The van der Waals surface area contributed by atoms with Crippen LogP contribution in [0.2, 0.25) is 0 Å². The summed E-state index contributed by atoms with van der Waals surface area (Å²) in [5.74, 6) is -0.143. The number of sulfonamides is 1. The van der Waals surface area contributed by atoms with Gasteiger partial charge in [0.25, 0.3) is 5.91 Å². The number of rotatable bonds is 4. The number of hydrogen-bond donors (Lipinski definition) is 1. The van der Waals surface area contributed by atoms with Crippen LogP contribution in [-0.4, -0.2) is 67.9 Å². The predicted octanol–water partition coefficient (Wildman–Crippen LogP) is 1.83. The van der Waals surface area contributed by atoms with Crippen LogP contribution in [0.1, 0.15) is 49.0 Å². The maximum atomic E-state index is 12.7. The van der Waals surface area contributed by atoms with Crippen molar-refractivity contribution in [3.63, 3.8) is 0 Å². The number of nitrogens with zero attached hydrogens (tertiary/aromatic N) is 2. The average molecular weight is 369 g/mol. The first-order valence-electron chi connectivity index (χ1n) is 9.03. The van der Waals surface area contributed by atoms with Gasteiger partial charge >= 0.3 is 0 Å². The van der Waals surface area contributed by atoms with Gasteiger partial charge in [0.1, 0.15) is 10.6 Å². The van der Waals surface area contributed by atoms with Crippen molar-refractivity contribution in [3.05, 3.63) is 18.0 Å². The van der Waals surface area contributed by atoms with E-state index in [0.29, 0.717) is 32.0 Å². The van der Waals surface area contributed by atoms with Gasteiger partial charge in [-0.2, -0.15) is 4.31 Å². The highest BCUT2D eigenvalue weighted by molar-refractivity contribution is 7.89. The molecule has 3 rings (SSSR count). The zero-order chi connectivity index (χ0) is 17.9. The fraction of sp³-hybridized carbons (Fsp3) is 0.706. The van der Waals surface area contributed by atoms with E-state index in [2.05, 4.69) is 4.98 Å². The molecule has 2 fully saturated rings. The van der Waals surface area contributed by atoms with E-state index >= 15 is 0 Å². The van der Waals surface area contributed by atoms with Crippen LogP contribution in [0.25, 0.3) is 0 Å². The van der Waals surface area contributed by atoms with Crippen molar-refractivity contribution in [2.45, 2.75) is 49.5 Å². The molecule has 0 radical (unpaired) electrons. The van der Waals surface area contributed by atoms with Crippen molar-refractivity contribution in [2.24, 2.45) is 0 Å². The third-order valence-electron chi connectivity index (χ3n) is 5.19. The van der Waals surface area contributed by atoms with Crippen molar-refractivity contribution in [1.29, 1.82) is 0 Å². The van der Waals surface area contributed by atoms with Crippen LogP contribution in [0, 0.1) is 0 Å². The number of aromatic nitrogens is 1. The molecule has 1 saturated carbocycles. The van der Waals surface area contributed by atoms with Gasteiger partial charge in [-0.15, -0.1) is 0 Å². The predicted molar refractivity (Wildman–Crippen MR) is 94.0 cm³/mol. The van der Waals surface area contributed by atoms with Gasteiger partial charge in [-0.05, 0) is 18.9 Å². The molecule has 0 aromatic carbocycles. The van der Waals surface area contributed by atoms with E-state index in [1.807, 2.05) is 7.05 Å². The molecular weight excluding hydrogens is 342 g/mol. The Morgan fingerprint density at radius 1 is 1.20 bits per heavy atom. The van der Waals surface area contributed by atoms with Crippen LogP contribution < -0.4 is 0 Å². The van der Waals surface area contributed by atoms with Crippen molar-refractivity contribution in [2.75, 3.05) is 33.4 Å². The minimum absolute atomic E-state index is 0.143. The summed E-state index contributed by atoms with van der Waals surface area (Å²) < 4.78 is 31.9. The number of carbonyl (C=O) groups is 1. The minimum Gasteiger partial charge on any atom is -0.379 e. The highest BCUT2D eigenvalue weighted by Gasteiger charge is 2.29. The zero-order valence-corrected chi connectivity index (χ0v) is 15.6. The van der Waals surface area contributed by atoms with Gasteiger partial charge in [0, 0.05) is 32.4 Å². The van der Waals surface area contributed by atoms with Crippen molar-refractivity contribution >= 4 is 15.9 Å². The third-order valence-corrected chi connectivity index (χ3v) is 7.06. The molecule has 1 aliphatic heterocycles. The first-order chi connectivity index (χ1) is 12.0. The lowest BCUT2D eigenvalue weighted by Crippen LogP contribution is -2.40. The number of nitrogens with one attached hydrogen (secondary N) is 1. The maximum Gasteiger partial charge on any atom is 0.270 e. The molecule has 0 unspecified atom stereocenters. The summed E-state index contributed by atoms with van der Waals surface area (Å²) in [7, 11) is -1.76. The van der Waals surface area contributed by atoms with Crippen LogP contribution in [0.4, 0.5) is 0 Å². The van der Waals surface area contributed by atoms with E-state index in [4.69, 9.17) is 4.74 Å². The van der Waals surface area contributed by atoms with Crippen LogP contribution >= 0.6 is 0 Å². The van der Waals surface area contributed by atoms with Gasteiger partial charge in [-0.25, -0.2) is 8.42 Å². The van der Waals surface area contributed by atoms with Gasteiger partial charge in [0.05, 0.1) is 13.2 Å². The normalized spacial score (nSPS) is 21.0. The van der Waals surface area contributed by atoms with E-state index in [-0.39, 0.29) is 16.8 Å². The highest BCUT2D eigenvalue weighted by atomic mass is 32.2. The molecule has 1 aromatic rings. The Balaban J connectivity index is 1.72. The van der Waals surface area contributed by atoms with Crippen LogP contribution in [0.5, 0.6) is 0 Å². The molecule has 2 heterocycles. The molecule has 140 valence electrons. The number of aromatic amines is 1. The van der Waals surface area contributed by atoms with Gasteiger partial charge in [-0.3, -0.25) is 4.79 Å². The number of morpholine rings is 1. The van der Waals surface area contributed by atoms with Gasteiger partial charge in [0.2, 0.25) is 10.0 Å². The summed E-state index contributed by atoms with van der Waals surface area (Å²) in [6.07, 6.45) is 8.18. The maximum absolute atomic E-state index is 12.7. The summed E-state index contributed by atoms with van der Waals surface area (Å²) in [4.78, 5) is 17.5. The summed E-state index contributed by atoms with van der Waals surface area (Å²) in [6, 6.07) is 1.69. The molecule has 0 spiro atoms. The Kier molecular flexibility index (Phi) is 5.81. The molecule has 1 aromatic heterocycles. The van der Waals surface area contributed by atoms with Crippen molar-refractivity contribution < 1.29 is 17.9 Å². The molecule has 25 heavy (non-hydrogen) atoms. The van der Waals surface area contributed by atoms with Crippen molar-refractivity contribution in [3.8, 4) is 0 Å². The van der Waals surface area contributed by atoms with Crippen molar-refractivity contribution in [1.82, 2.24) is 14.2 Å². The van der Waals surface area contributed by atoms with Crippen LogP contribution in [0.15, 0.2) is 17.2 Å². The van der Waals surface area contributed by atoms with E-state index in [0.717, 1.165) is 25.7 Å². The van der Waals surface area contributed by atoms with Gasteiger partial charge < -0.3 is 14.6 Å². The number of hydrogen-bond acceptors (Lipinski definition) is 4. The van der Waals surface area contributed by atoms with Gasteiger partial charge in [0.15, 0.2) is 0 Å². The number of H-pyrrole nitrogens is 1. The number of amides is 1. The van der Waals surface area contributed by atoms with Gasteiger partial charge in [-0.1, -0.05) is 25.7 Å². The quantitative estimate of drug-likeness (QED) is 0.821. The molecule has 1 aliphatic carbocycles. The summed E-state index contributed by atoms with van der Waals surface area (Å²) in [5.41, 5.74) is 0.332. The standard InChI is InChI=1S/C17H27N3O4S/c1-19(14-6-4-2-3-5-7-14)17(21)16-12-15(13-18-16)25(22,23)20-8-10-24-11-9-20/h12-14,18H,2-11H2,1H3. The smallest absolute Gasteiger partial charge is 0.270 e. The van der Waals surface area contributed by atoms with E-state index < -0.39 is 10.0 Å². The molecule has 7 nitrogen and oxygen atoms in total. The second-order valence-corrected chi connectivity index (χ2v) is 8.76. The van der Waals surface area contributed by atoms with Crippen LogP contribution in [-0.2, 0) is 14.8 Å². The lowest BCUT2D eigenvalue weighted by molar-refractivity contribution is 0.0712. The number of carbonyl (C=O) groups excluding carboxylic acids is 1. The first-order valence-corrected chi connectivity index (χ1v) is 10.5. The lowest BCUT2D eigenvalue weighted by atomic mass is 10.1. The second-order valence-electron chi connectivity index (χ2n) is 6.83. The average Bonchev–Trinajstić information content (AvgIpc) is 2.98. The molecule has 1 amide bonds. The monoisotopic (exact) mass is 369 g/mol. The summed E-state index contributed by atoms with van der Waals surface area (Å²) >= 11 is 0. The summed E-state index contributed by atoms with van der Waals surface area (Å²) in [5, 5.41) is 0. The fourth-order valence-corrected chi connectivity index (χ4v) is 4.99. The molecule has 8 heteroatoms. The van der Waals surface area contributed by atoms with E-state index in [1.54, 1.807) is 4.90 Å². The molecule has 2 aliphatic rings. The van der Waals surface area contributed by atoms with E-state index in [1.165, 1.54) is 29.4 Å². The minimum atomic E-state index is -3.58. The Morgan fingerprint density at radius 2 is 1.84 bits per heavy atom. The Labute approximate surface area is 149 Å². The zero-order valence-electron chi connectivity index (χ0n) is 14.7. The van der Waals surface area contributed by atoms with E-state index in [9.17, 15) is 13.2 Å². The SMILES string of the molecule is CN(C(=O)c1cc(S(=O)(=O)N2CCOCC2)c[nH]1)C1CCCCCC1. The fourth-order valence-electron chi connectivity index (χ4n) is 3.58. The first kappa shape index (κ1) is 18.4. The topological polar surface area (TPSA) is 82.7 Å². The lowest BCUT2D eigenvalue weighted by Gasteiger charge is -2.27. The molecule has 1 saturated heterocycles. The molecule has 0 bridgehead atoms. The largest absolute Gasteiger partial charge is 0.379 e. The molecular formula is C17H27N3O4S. The molecule has 0 atom stereocenters. The second kappa shape index (κ2) is 7.88.